The number of hydrogen-bond donors (Lipinski definition) is 2. The molecule has 1 amide bonds. The number of hydrogen-bond acceptors (Lipinski definition) is 3. The van der Waals surface area contributed by atoms with Gasteiger partial charge in [0.2, 0.25) is 5.91 Å². The number of carbonyl (C=O) groups is 1. The van der Waals surface area contributed by atoms with Gasteiger partial charge in [-0.3, -0.25) is 4.79 Å². The summed E-state index contributed by atoms with van der Waals surface area (Å²) < 4.78 is 0. The van der Waals surface area contributed by atoms with Gasteiger partial charge in [-0.1, -0.05) is 26.7 Å². The number of piperidine rings is 1. The van der Waals surface area contributed by atoms with Crippen molar-refractivity contribution in [3.63, 3.8) is 0 Å². The van der Waals surface area contributed by atoms with E-state index in [-0.39, 0.29) is 12.0 Å². The zero-order valence-corrected chi connectivity index (χ0v) is 22.5. The van der Waals surface area contributed by atoms with Gasteiger partial charge in [-0.05, 0) is 111 Å². The Morgan fingerprint density at radius 3 is 2.40 bits per heavy atom. The molecular formula is C31H49NO3. The van der Waals surface area contributed by atoms with Crippen LogP contribution in [-0.4, -0.2) is 45.8 Å². The topological polar surface area (TPSA) is 60.8 Å². The van der Waals surface area contributed by atoms with Crippen molar-refractivity contribution < 1.29 is 15.0 Å². The molecule has 4 nitrogen and oxygen atoms in total. The van der Waals surface area contributed by atoms with E-state index in [1.165, 1.54) is 44.9 Å². The predicted molar refractivity (Wildman–Crippen MR) is 139 cm³/mol. The van der Waals surface area contributed by atoms with Crippen LogP contribution in [0.1, 0.15) is 104 Å². The van der Waals surface area contributed by atoms with Crippen LogP contribution in [0.2, 0.25) is 0 Å². The fourth-order valence-electron chi connectivity index (χ4n) is 10.2. The summed E-state index contributed by atoms with van der Waals surface area (Å²) in [6, 6.07) is 0. The Labute approximate surface area is 213 Å². The molecule has 1 saturated heterocycles. The molecule has 5 aliphatic rings. The zero-order valence-electron chi connectivity index (χ0n) is 22.5. The third-order valence-corrected chi connectivity index (χ3v) is 12.4. The molecule has 5 rings (SSSR count). The van der Waals surface area contributed by atoms with Gasteiger partial charge in [-0.25, -0.2) is 0 Å². The van der Waals surface area contributed by atoms with Crippen molar-refractivity contribution in [1.29, 1.82) is 0 Å². The highest BCUT2D eigenvalue weighted by atomic mass is 16.3. The molecule has 1 heterocycles. The van der Waals surface area contributed by atoms with Gasteiger partial charge in [0.05, 0.1) is 6.10 Å². The Morgan fingerprint density at radius 2 is 1.69 bits per heavy atom. The Kier molecular flexibility index (Phi) is 6.84. The summed E-state index contributed by atoms with van der Waals surface area (Å²) in [4.78, 5) is 14.9. The molecule has 0 spiro atoms. The van der Waals surface area contributed by atoms with Gasteiger partial charge in [0, 0.05) is 32.4 Å². The molecule has 9 atom stereocenters. The molecule has 1 aliphatic heterocycles. The number of rotatable bonds is 4. The van der Waals surface area contributed by atoms with E-state index in [9.17, 15) is 15.0 Å². The van der Waals surface area contributed by atoms with Gasteiger partial charge in [0.25, 0.3) is 0 Å². The first kappa shape index (κ1) is 25.6. The fourth-order valence-corrected chi connectivity index (χ4v) is 10.2. The fraction of sp³-hybridized carbons (Fsp3) is 0.903. The number of aliphatic hydroxyl groups is 2. The third kappa shape index (κ3) is 4.37. The van der Waals surface area contributed by atoms with Gasteiger partial charge in [-0.2, -0.15) is 0 Å². The van der Waals surface area contributed by atoms with Crippen LogP contribution in [-0.2, 0) is 4.79 Å². The van der Waals surface area contributed by atoms with Crippen LogP contribution in [0.15, 0.2) is 0 Å². The number of amides is 1. The molecule has 0 radical (unpaired) electrons. The SMILES string of the molecule is C#CC1(O)CCN(C(=O)CC[C@@H](C)[C@H]2CC[C@H]3[C@@H]4CC[C@H]5C[C@@H](O)CC[C@]5(C)[C@H]4CC[C@]23C)CC1. The van der Waals surface area contributed by atoms with E-state index in [0.717, 1.165) is 48.9 Å². The van der Waals surface area contributed by atoms with Gasteiger partial charge in [0.1, 0.15) is 5.60 Å². The first-order chi connectivity index (χ1) is 16.6. The Hall–Kier alpha value is -1.05. The molecule has 0 aromatic heterocycles. The van der Waals surface area contributed by atoms with Gasteiger partial charge in [-0.15, -0.1) is 6.42 Å². The van der Waals surface area contributed by atoms with E-state index in [4.69, 9.17) is 6.42 Å². The minimum atomic E-state index is -1.02. The van der Waals surface area contributed by atoms with Gasteiger partial charge < -0.3 is 15.1 Å². The van der Waals surface area contributed by atoms with Crippen molar-refractivity contribution in [2.45, 2.75) is 116 Å². The first-order valence-electron chi connectivity index (χ1n) is 14.8. The molecular weight excluding hydrogens is 434 g/mol. The molecule has 5 fully saturated rings. The highest BCUT2D eigenvalue weighted by molar-refractivity contribution is 5.76. The van der Waals surface area contributed by atoms with Crippen molar-refractivity contribution in [1.82, 2.24) is 4.90 Å². The number of carbonyl (C=O) groups excluding carboxylic acids is 1. The summed E-state index contributed by atoms with van der Waals surface area (Å²) >= 11 is 0. The lowest BCUT2D eigenvalue weighted by atomic mass is 9.44. The quantitative estimate of drug-likeness (QED) is 0.526. The van der Waals surface area contributed by atoms with Crippen LogP contribution in [0.5, 0.6) is 0 Å². The molecule has 4 aliphatic carbocycles. The number of likely N-dealkylation sites (tertiary alicyclic amines) is 1. The molecule has 2 N–H and O–H groups in total. The molecule has 0 aromatic rings. The second kappa shape index (κ2) is 9.36. The molecule has 0 bridgehead atoms. The first-order valence-corrected chi connectivity index (χ1v) is 14.8. The average molecular weight is 484 g/mol. The lowest BCUT2D eigenvalue weighted by Gasteiger charge is -2.61. The van der Waals surface area contributed by atoms with Crippen molar-refractivity contribution in [2.24, 2.45) is 46.3 Å². The maximum absolute atomic E-state index is 12.9. The maximum Gasteiger partial charge on any atom is 0.222 e. The number of fused-ring (bicyclic) bond motifs is 5. The largest absolute Gasteiger partial charge is 0.393 e. The predicted octanol–water partition coefficient (Wildman–Crippen LogP) is 5.41. The standard InChI is InChI=1S/C31H49NO3/c1-5-31(35)16-18-32(19-17-31)28(34)11-6-21(2)25-9-10-26-24-8-7-22-20-23(33)12-14-29(22,3)27(24)13-15-30(25,26)4/h1,21-27,33,35H,6-20H2,2-4H3/t21-,22+,23+,24+,25-,26+,27+,29+,30-/m1/s1. The zero-order chi connectivity index (χ0) is 25.0. The van der Waals surface area contributed by atoms with Crippen LogP contribution in [0.3, 0.4) is 0 Å². The summed E-state index contributed by atoms with van der Waals surface area (Å²) in [5.74, 6) is 7.34. The summed E-state index contributed by atoms with van der Waals surface area (Å²) in [6.45, 7) is 8.75. The number of terminal acetylenes is 1. The van der Waals surface area contributed by atoms with E-state index in [1.54, 1.807) is 0 Å². The van der Waals surface area contributed by atoms with Crippen molar-refractivity contribution in [3.8, 4) is 12.3 Å². The van der Waals surface area contributed by atoms with Crippen molar-refractivity contribution in [3.05, 3.63) is 0 Å². The molecule has 0 unspecified atom stereocenters. The highest BCUT2D eigenvalue weighted by Gasteiger charge is 2.60. The van der Waals surface area contributed by atoms with Crippen LogP contribution in [0, 0.1) is 58.7 Å². The van der Waals surface area contributed by atoms with Crippen LogP contribution in [0.25, 0.3) is 0 Å². The van der Waals surface area contributed by atoms with Gasteiger partial charge >= 0.3 is 0 Å². The summed E-state index contributed by atoms with van der Waals surface area (Å²) in [5.41, 5.74) is -0.154. The van der Waals surface area contributed by atoms with E-state index in [2.05, 4.69) is 26.7 Å². The molecule has 35 heavy (non-hydrogen) atoms. The number of aliphatic hydroxyl groups excluding tert-OH is 1. The molecule has 196 valence electrons. The van der Waals surface area contributed by atoms with E-state index >= 15 is 0 Å². The smallest absolute Gasteiger partial charge is 0.222 e. The summed E-state index contributed by atoms with van der Waals surface area (Å²) in [7, 11) is 0. The number of nitrogens with zero attached hydrogens (tertiary/aromatic N) is 1. The Morgan fingerprint density at radius 1 is 1.00 bits per heavy atom. The lowest BCUT2D eigenvalue weighted by Crippen LogP contribution is -2.54. The Balaban J connectivity index is 1.19. The maximum atomic E-state index is 12.9. The highest BCUT2D eigenvalue weighted by Crippen LogP contribution is 2.68. The second-order valence-corrected chi connectivity index (χ2v) is 13.9. The minimum Gasteiger partial charge on any atom is -0.393 e. The summed E-state index contributed by atoms with van der Waals surface area (Å²) in [5, 5.41) is 20.6. The lowest BCUT2D eigenvalue weighted by molar-refractivity contribution is -0.135. The van der Waals surface area contributed by atoms with E-state index < -0.39 is 5.60 Å². The van der Waals surface area contributed by atoms with E-state index in [0.29, 0.717) is 49.1 Å². The van der Waals surface area contributed by atoms with Gasteiger partial charge in [0.15, 0.2) is 0 Å². The van der Waals surface area contributed by atoms with Crippen LogP contribution < -0.4 is 0 Å². The minimum absolute atomic E-state index is 0.0636. The average Bonchev–Trinajstić information content (AvgIpc) is 3.20. The second-order valence-electron chi connectivity index (χ2n) is 13.9. The summed E-state index contributed by atoms with van der Waals surface area (Å²) in [6.07, 6.45) is 19.4. The molecule has 4 saturated carbocycles. The molecule has 4 heteroatoms. The van der Waals surface area contributed by atoms with Crippen LogP contribution in [0.4, 0.5) is 0 Å². The Bertz CT molecular complexity index is 841. The third-order valence-electron chi connectivity index (χ3n) is 12.4. The van der Waals surface area contributed by atoms with Crippen LogP contribution >= 0.6 is 0 Å². The van der Waals surface area contributed by atoms with E-state index in [1.807, 2.05) is 4.90 Å². The van der Waals surface area contributed by atoms with Crippen molar-refractivity contribution >= 4 is 5.91 Å². The molecule has 0 aromatic carbocycles. The monoisotopic (exact) mass is 483 g/mol. The van der Waals surface area contributed by atoms with Crippen molar-refractivity contribution in [2.75, 3.05) is 13.1 Å². The normalized spacial score (nSPS) is 45.5.